The lowest BCUT2D eigenvalue weighted by atomic mass is 9.89. The van der Waals surface area contributed by atoms with Crippen molar-refractivity contribution in [1.29, 1.82) is 0 Å². The number of aryl methyl sites for hydroxylation is 2. The van der Waals surface area contributed by atoms with Crippen molar-refractivity contribution in [1.82, 2.24) is 0 Å². The molecule has 0 atom stereocenters. The number of nitrogens with zero attached hydrogens (tertiary/aromatic N) is 2. The standard InChI is InChI=1S/C19H21N.C12H17NO/c1-2-6-15(7-3-1)12-16-13-17-8-4-10-20-11-5-9-18(14-16)19(17)20;1-3-13-8-4-5-10-11(14)7-6-9(2)12(10)13/h1-3,6-7,13-14H,4-5,8-12H2;6H,3-5,7-8H2,1-2H3/p+1. The van der Waals surface area contributed by atoms with Crippen LogP contribution >= 0.6 is 0 Å². The van der Waals surface area contributed by atoms with E-state index in [1.54, 1.807) is 16.8 Å². The fraction of sp³-hybridized carbons (Fsp3) is 0.452. The first-order valence-corrected chi connectivity index (χ1v) is 13.3. The van der Waals surface area contributed by atoms with Gasteiger partial charge in [-0.3, -0.25) is 0 Å². The molecule has 0 bridgehead atoms. The third kappa shape index (κ3) is 4.71. The van der Waals surface area contributed by atoms with Crippen LogP contribution in [0.1, 0.15) is 68.2 Å². The second-order valence-corrected chi connectivity index (χ2v) is 10.2. The first-order valence-electron chi connectivity index (χ1n) is 13.3. The van der Waals surface area contributed by atoms with Gasteiger partial charge in [0.05, 0.1) is 5.57 Å². The van der Waals surface area contributed by atoms with Crippen LogP contribution in [0.3, 0.4) is 0 Å². The number of rotatable bonds is 3. The van der Waals surface area contributed by atoms with Crippen LogP contribution in [0.5, 0.6) is 0 Å². The van der Waals surface area contributed by atoms with E-state index in [0.29, 0.717) is 5.76 Å². The van der Waals surface area contributed by atoms with Crippen LogP contribution in [0.25, 0.3) is 0 Å². The quantitative estimate of drug-likeness (QED) is 0.543. The minimum Gasteiger partial charge on any atom is -0.511 e. The van der Waals surface area contributed by atoms with Crippen LogP contribution in [-0.2, 0) is 19.3 Å². The van der Waals surface area contributed by atoms with Gasteiger partial charge in [0.2, 0.25) is 5.71 Å². The van der Waals surface area contributed by atoms with Crippen molar-refractivity contribution in [3.63, 3.8) is 0 Å². The molecule has 178 valence electrons. The molecule has 2 aromatic carbocycles. The molecule has 1 N–H and O–H groups in total. The third-order valence-corrected chi connectivity index (χ3v) is 7.81. The number of allylic oxidation sites excluding steroid dienone is 3. The molecule has 0 radical (unpaired) electrons. The Morgan fingerprint density at radius 1 is 0.912 bits per heavy atom. The molecule has 4 aliphatic rings. The van der Waals surface area contributed by atoms with Gasteiger partial charge >= 0.3 is 0 Å². The van der Waals surface area contributed by atoms with Crippen LogP contribution in [-0.4, -0.2) is 41.6 Å². The SMILES string of the molecule is CC[N+]1=C2C(C)=CCC(O)=C2CCC1.c1ccc(Cc2cc3c4c(c2)CCCN4CCC3)cc1. The molecular weight excluding hydrogens is 416 g/mol. The van der Waals surface area contributed by atoms with Crippen molar-refractivity contribution in [2.24, 2.45) is 0 Å². The van der Waals surface area contributed by atoms with Crippen molar-refractivity contribution in [2.45, 2.75) is 65.2 Å². The van der Waals surface area contributed by atoms with Crippen molar-refractivity contribution >= 4 is 11.4 Å². The van der Waals surface area contributed by atoms with E-state index in [4.69, 9.17) is 0 Å². The van der Waals surface area contributed by atoms with Gasteiger partial charge in [0.1, 0.15) is 18.8 Å². The summed E-state index contributed by atoms with van der Waals surface area (Å²) in [5.41, 5.74) is 11.5. The van der Waals surface area contributed by atoms with E-state index in [1.165, 1.54) is 73.2 Å². The van der Waals surface area contributed by atoms with Gasteiger partial charge in [-0.2, -0.15) is 0 Å². The Balaban J connectivity index is 0.000000152. The number of aliphatic hydroxyl groups is 1. The maximum absolute atomic E-state index is 9.82. The average molecular weight is 456 g/mol. The number of benzene rings is 2. The lowest BCUT2D eigenvalue weighted by molar-refractivity contribution is -0.526. The second kappa shape index (κ2) is 10.2. The molecule has 34 heavy (non-hydrogen) atoms. The number of fused-ring (bicyclic) bond motifs is 1. The first-order chi connectivity index (χ1) is 16.6. The summed E-state index contributed by atoms with van der Waals surface area (Å²) < 4.78 is 2.38. The Morgan fingerprint density at radius 3 is 2.29 bits per heavy atom. The molecular formula is C31H39N2O+. The lowest BCUT2D eigenvalue weighted by Gasteiger charge is -2.37. The van der Waals surface area contributed by atoms with E-state index in [9.17, 15) is 5.11 Å². The molecule has 0 amide bonds. The zero-order chi connectivity index (χ0) is 23.5. The van der Waals surface area contributed by atoms with Crippen LogP contribution in [0.2, 0.25) is 0 Å². The van der Waals surface area contributed by atoms with Crippen molar-refractivity contribution in [2.75, 3.05) is 31.1 Å². The summed E-state index contributed by atoms with van der Waals surface area (Å²) >= 11 is 0. The maximum atomic E-state index is 9.82. The Hall–Kier alpha value is -2.81. The fourth-order valence-electron chi connectivity index (χ4n) is 6.23. The Morgan fingerprint density at radius 2 is 1.62 bits per heavy atom. The monoisotopic (exact) mass is 455 g/mol. The predicted molar refractivity (Wildman–Crippen MR) is 142 cm³/mol. The highest BCUT2D eigenvalue weighted by atomic mass is 16.3. The summed E-state index contributed by atoms with van der Waals surface area (Å²) in [5.74, 6) is 0.587. The van der Waals surface area contributed by atoms with Gasteiger partial charge in [0, 0.05) is 37.2 Å². The summed E-state index contributed by atoms with van der Waals surface area (Å²) in [7, 11) is 0. The molecule has 3 heterocycles. The number of hydrogen-bond acceptors (Lipinski definition) is 2. The van der Waals surface area contributed by atoms with Crippen LogP contribution in [0.4, 0.5) is 5.69 Å². The lowest BCUT2D eigenvalue weighted by Crippen LogP contribution is -2.34. The third-order valence-electron chi connectivity index (χ3n) is 7.81. The van der Waals surface area contributed by atoms with E-state index in [-0.39, 0.29) is 0 Å². The first kappa shape index (κ1) is 23.0. The molecule has 0 spiro atoms. The minimum atomic E-state index is 0.587. The Labute approximate surface area is 205 Å². The largest absolute Gasteiger partial charge is 0.511 e. The Bertz CT molecular complexity index is 1110. The minimum absolute atomic E-state index is 0.587. The molecule has 3 heteroatoms. The molecule has 1 aliphatic carbocycles. The van der Waals surface area contributed by atoms with Crippen molar-refractivity contribution in [3.8, 4) is 0 Å². The molecule has 0 saturated heterocycles. The normalized spacial score (nSPS) is 19.1. The molecule has 6 rings (SSSR count). The second-order valence-electron chi connectivity index (χ2n) is 10.2. The molecule has 3 aliphatic heterocycles. The van der Waals surface area contributed by atoms with E-state index in [0.717, 1.165) is 32.4 Å². The van der Waals surface area contributed by atoms with Crippen LogP contribution in [0.15, 0.2) is 65.4 Å². The van der Waals surface area contributed by atoms with Gasteiger partial charge in [-0.1, -0.05) is 48.5 Å². The summed E-state index contributed by atoms with van der Waals surface area (Å²) in [6, 6.07) is 15.8. The van der Waals surface area contributed by atoms with Gasteiger partial charge < -0.3 is 10.0 Å². The van der Waals surface area contributed by atoms with Crippen LogP contribution in [0, 0.1) is 0 Å². The average Bonchev–Trinajstić information content (AvgIpc) is 2.87. The molecule has 0 saturated carbocycles. The number of anilines is 1. The fourth-order valence-corrected chi connectivity index (χ4v) is 6.23. The predicted octanol–water partition coefficient (Wildman–Crippen LogP) is 6.39. The van der Waals surface area contributed by atoms with E-state index >= 15 is 0 Å². The highest BCUT2D eigenvalue weighted by Crippen LogP contribution is 2.36. The maximum Gasteiger partial charge on any atom is 0.209 e. The molecule has 0 aromatic heterocycles. The van der Waals surface area contributed by atoms with Gasteiger partial charge in [-0.15, -0.1) is 0 Å². The summed E-state index contributed by atoms with van der Waals surface area (Å²) in [5, 5.41) is 9.82. The highest BCUT2D eigenvalue weighted by molar-refractivity contribution is 6.10. The van der Waals surface area contributed by atoms with Crippen molar-refractivity contribution < 1.29 is 9.68 Å². The zero-order valence-corrected chi connectivity index (χ0v) is 20.9. The van der Waals surface area contributed by atoms with Crippen molar-refractivity contribution in [3.05, 3.63) is 87.7 Å². The van der Waals surface area contributed by atoms with E-state index < -0.39 is 0 Å². The van der Waals surface area contributed by atoms with E-state index in [1.807, 2.05) is 0 Å². The number of hydrogen-bond donors (Lipinski definition) is 1. The zero-order valence-electron chi connectivity index (χ0n) is 20.9. The molecule has 3 nitrogen and oxygen atoms in total. The molecule has 2 aromatic rings. The summed E-state index contributed by atoms with van der Waals surface area (Å²) in [6.07, 6.45) is 11.3. The van der Waals surface area contributed by atoms with Gasteiger partial charge in [0.25, 0.3) is 0 Å². The smallest absolute Gasteiger partial charge is 0.209 e. The Kier molecular flexibility index (Phi) is 6.89. The van der Waals surface area contributed by atoms with Crippen LogP contribution < -0.4 is 4.90 Å². The topological polar surface area (TPSA) is 26.5 Å². The molecule has 0 fully saturated rings. The highest BCUT2D eigenvalue weighted by Gasteiger charge is 2.30. The molecule has 0 unspecified atom stereocenters. The van der Waals surface area contributed by atoms with E-state index in [2.05, 4.69) is 71.9 Å². The summed E-state index contributed by atoms with van der Waals surface area (Å²) in [6.45, 7) is 9.02. The van der Waals surface area contributed by atoms with Gasteiger partial charge in [-0.05, 0) is 74.6 Å². The number of aliphatic hydroxyl groups excluding tert-OH is 1. The summed E-state index contributed by atoms with van der Waals surface area (Å²) in [4.78, 5) is 2.62. The van der Waals surface area contributed by atoms with Gasteiger partial charge in [0.15, 0.2) is 0 Å². The van der Waals surface area contributed by atoms with Gasteiger partial charge in [-0.25, -0.2) is 4.58 Å².